The Morgan fingerprint density at radius 2 is 1.87 bits per heavy atom. The molecular formula is C23H28N2O5. The van der Waals surface area contributed by atoms with Crippen LogP contribution in [0.3, 0.4) is 0 Å². The first kappa shape index (κ1) is 21.6. The maximum Gasteiger partial charge on any atom is 0.341 e. The Hall–Kier alpha value is -3.09. The van der Waals surface area contributed by atoms with Gasteiger partial charge in [0.25, 0.3) is 11.8 Å². The van der Waals surface area contributed by atoms with Gasteiger partial charge >= 0.3 is 5.97 Å². The number of benzene rings is 1. The van der Waals surface area contributed by atoms with Gasteiger partial charge in [0.2, 0.25) is 0 Å². The van der Waals surface area contributed by atoms with E-state index in [1.54, 1.807) is 31.2 Å². The molecule has 160 valence electrons. The number of furan rings is 1. The highest BCUT2D eigenvalue weighted by atomic mass is 16.5. The zero-order valence-corrected chi connectivity index (χ0v) is 17.5. The molecule has 1 aromatic heterocycles. The lowest BCUT2D eigenvalue weighted by molar-refractivity contribution is -0.130. The van der Waals surface area contributed by atoms with E-state index in [1.165, 1.54) is 24.8 Å². The van der Waals surface area contributed by atoms with Gasteiger partial charge in [-0.3, -0.25) is 9.59 Å². The Kier molecular flexibility index (Phi) is 6.92. The zero-order valence-electron chi connectivity index (χ0n) is 17.5. The molecule has 0 aliphatic heterocycles. The second-order valence-electron chi connectivity index (χ2n) is 7.91. The van der Waals surface area contributed by atoms with E-state index in [9.17, 15) is 14.4 Å². The van der Waals surface area contributed by atoms with Crippen LogP contribution in [0.4, 0.5) is 5.69 Å². The van der Waals surface area contributed by atoms with Gasteiger partial charge in [0, 0.05) is 6.04 Å². The van der Waals surface area contributed by atoms with E-state index >= 15 is 0 Å². The summed E-state index contributed by atoms with van der Waals surface area (Å²) in [6.45, 7) is 5.89. The molecule has 1 fully saturated rings. The lowest BCUT2D eigenvalue weighted by Crippen LogP contribution is -2.47. The Bertz CT molecular complexity index is 893. The van der Waals surface area contributed by atoms with Crippen LogP contribution in [0.25, 0.3) is 0 Å². The van der Waals surface area contributed by atoms with E-state index in [1.807, 2.05) is 0 Å². The van der Waals surface area contributed by atoms with Crippen molar-refractivity contribution in [2.75, 3.05) is 5.32 Å². The molecule has 0 saturated heterocycles. The Labute approximate surface area is 176 Å². The van der Waals surface area contributed by atoms with E-state index in [0.29, 0.717) is 11.8 Å². The van der Waals surface area contributed by atoms with Crippen LogP contribution in [0.15, 0.2) is 47.1 Å². The minimum atomic E-state index is -0.948. The van der Waals surface area contributed by atoms with Gasteiger partial charge in [0.15, 0.2) is 11.9 Å². The Balaban J connectivity index is 1.62. The third-order valence-electron chi connectivity index (χ3n) is 5.83. The van der Waals surface area contributed by atoms with Crippen LogP contribution in [0, 0.1) is 11.8 Å². The monoisotopic (exact) mass is 412 g/mol. The smallest absolute Gasteiger partial charge is 0.341 e. The van der Waals surface area contributed by atoms with Crippen LogP contribution in [0.2, 0.25) is 0 Å². The van der Waals surface area contributed by atoms with Gasteiger partial charge in [-0.2, -0.15) is 0 Å². The maximum atomic E-state index is 12.7. The number of anilines is 1. The SMILES string of the molecule is C[C@@H]1[C@@H](C)CCC[C@H]1NC(=O)[C@@H](C)OC(=O)c1ccccc1NC(=O)c1ccco1. The van der Waals surface area contributed by atoms with Crippen LogP contribution in [-0.2, 0) is 9.53 Å². The number of esters is 1. The lowest BCUT2D eigenvalue weighted by atomic mass is 9.78. The number of hydrogen-bond donors (Lipinski definition) is 2. The molecule has 0 bridgehead atoms. The maximum absolute atomic E-state index is 12.7. The molecule has 3 rings (SSSR count). The summed E-state index contributed by atoms with van der Waals surface area (Å²) in [5, 5.41) is 5.66. The third kappa shape index (κ3) is 5.09. The Morgan fingerprint density at radius 1 is 1.10 bits per heavy atom. The molecule has 30 heavy (non-hydrogen) atoms. The molecular weight excluding hydrogens is 384 g/mol. The highest BCUT2D eigenvalue weighted by Crippen LogP contribution is 2.29. The van der Waals surface area contributed by atoms with Crippen molar-refractivity contribution < 1.29 is 23.5 Å². The highest BCUT2D eigenvalue weighted by molar-refractivity contribution is 6.06. The predicted octanol–water partition coefficient (Wildman–Crippen LogP) is 4.02. The van der Waals surface area contributed by atoms with E-state index in [4.69, 9.17) is 9.15 Å². The van der Waals surface area contributed by atoms with Crippen molar-refractivity contribution in [1.82, 2.24) is 5.32 Å². The predicted molar refractivity (Wildman–Crippen MR) is 112 cm³/mol. The first-order chi connectivity index (χ1) is 14.4. The average Bonchev–Trinajstić information content (AvgIpc) is 3.26. The molecule has 0 spiro atoms. The minimum Gasteiger partial charge on any atom is -0.459 e. The van der Waals surface area contributed by atoms with E-state index < -0.39 is 18.0 Å². The number of para-hydroxylation sites is 1. The minimum absolute atomic E-state index is 0.0854. The number of nitrogens with one attached hydrogen (secondary N) is 2. The number of rotatable bonds is 6. The number of amides is 2. The quantitative estimate of drug-likeness (QED) is 0.699. The van der Waals surface area contributed by atoms with Gasteiger partial charge in [-0.25, -0.2) is 4.79 Å². The summed E-state index contributed by atoms with van der Waals surface area (Å²) in [6.07, 6.45) is 3.62. The van der Waals surface area contributed by atoms with Crippen molar-refractivity contribution >= 4 is 23.5 Å². The standard InChI is InChI=1S/C23H28N2O5/c1-14-8-6-11-18(15(14)2)24-21(26)16(3)30-23(28)17-9-4-5-10-19(17)25-22(27)20-12-7-13-29-20/h4-5,7,9-10,12-16,18H,6,8,11H2,1-3H3,(H,24,26)(H,25,27)/t14-,15+,16+,18+/m0/s1. The molecule has 1 aromatic carbocycles. The van der Waals surface area contributed by atoms with E-state index in [-0.39, 0.29) is 29.0 Å². The van der Waals surface area contributed by atoms with Crippen molar-refractivity contribution in [1.29, 1.82) is 0 Å². The second kappa shape index (κ2) is 9.61. The zero-order chi connectivity index (χ0) is 21.7. The van der Waals surface area contributed by atoms with Crippen LogP contribution in [0.1, 0.15) is 60.9 Å². The highest BCUT2D eigenvalue weighted by Gasteiger charge is 2.30. The molecule has 1 aliphatic carbocycles. The summed E-state index contributed by atoms with van der Waals surface area (Å²) in [6, 6.07) is 9.69. The molecule has 4 atom stereocenters. The molecule has 7 nitrogen and oxygen atoms in total. The molecule has 7 heteroatoms. The van der Waals surface area contributed by atoms with Crippen LogP contribution >= 0.6 is 0 Å². The summed E-state index contributed by atoms with van der Waals surface area (Å²) in [5.74, 6) is -0.424. The summed E-state index contributed by atoms with van der Waals surface area (Å²) in [4.78, 5) is 37.5. The topological polar surface area (TPSA) is 97.6 Å². The molecule has 2 amide bonds. The molecule has 2 N–H and O–H groups in total. The fourth-order valence-corrected chi connectivity index (χ4v) is 3.73. The molecule has 1 saturated carbocycles. The third-order valence-corrected chi connectivity index (χ3v) is 5.83. The van der Waals surface area contributed by atoms with E-state index in [2.05, 4.69) is 24.5 Å². The van der Waals surface area contributed by atoms with Gasteiger partial charge in [-0.1, -0.05) is 38.8 Å². The summed E-state index contributed by atoms with van der Waals surface area (Å²) in [7, 11) is 0. The summed E-state index contributed by atoms with van der Waals surface area (Å²) in [5.41, 5.74) is 0.447. The molecule has 0 unspecified atom stereocenters. The second-order valence-corrected chi connectivity index (χ2v) is 7.91. The Morgan fingerprint density at radius 3 is 2.60 bits per heavy atom. The number of ether oxygens (including phenoxy) is 1. The molecule has 2 aromatic rings. The summed E-state index contributed by atoms with van der Waals surface area (Å²) < 4.78 is 10.5. The number of hydrogen-bond acceptors (Lipinski definition) is 5. The van der Waals surface area contributed by atoms with Gasteiger partial charge in [-0.05, 0) is 49.4 Å². The largest absolute Gasteiger partial charge is 0.459 e. The van der Waals surface area contributed by atoms with Crippen LogP contribution in [0.5, 0.6) is 0 Å². The first-order valence-electron chi connectivity index (χ1n) is 10.3. The molecule has 1 heterocycles. The van der Waals surface area contributed by atoms with Crippen molar-refractivity contribution in [3.63, 3.8) is 0 Å². The lowest BCUT2D eigenvalue weighted by Gasteiger charge is -2.35. The molecule has 1 aliphatic rings. The van der Waals surface area contributed by atoms with Crippen molar-refractivity contribution in [3.8, 4) is 0 Å². The van der Waals surface area contributed by atoms with Gasteiger partial charge < -0.3 is 19.8 Å². The van der Waals surface area contributed by atoms with Gasteiger partial charge in [0.05, 0.1) is 17.5 Å². The summed E-state index contributed by atoms with van der Waals surface area (Å²) >= 11 is 0. The van der Waals surface area contributed by atoms with Crippen molar-refractivity contribution in [2.24, 2.45) is 11.8 Å². The first-order valence-corrected chi connectivity index (χ1v) is 10.3. The van der Waals surface area contributed by atoms with Crippen LogP contribution in [-0.4, -0.2) is 29.9 Å². The van der Waals surface area contributed by atoms with Crippen molar-refractivity contribution in [3.05, 3.63) is 54.0 Å². The van der Waals surface area contributed by atoms with Gasteiger partial charge in [0.1, 0.15) is 0 Å². The number of carbonyl (C=O) groups is 3. The van der Waals surface area contributed by atoms with Crippen LogP contribution < -0.4 is 10.6 Å². The molecule has 0 radical (unpaired) electrons. The van der Waals surface area contributed by atoms with E-state index in [0.717, 1.165) is 12.8 Å². The fraction of sp³-hybridized carbons (Fsp3) is 0.435. The number of carbonyl (C=O) groups excluding carboxylic acids is 3. The van der Waals surface area contributed by atoms with Crippen molar-refractivity contribution in [2.45, 2.75) is 52.2 Å². The average molecular weight is 412 g/mol. The van der Waals surface area contributed by atoms with Gasteiger partial charge in [-0.15, -0.1) is 0 Å². The fourth-order valence-electron chi connectivity index (χ4n) is 3.73. The normalized spacial score (nSPS) is 22.0.